The first-order valence-electron chi connectivity index (χ1n) is 8.03. The average molecular weight is 384 g/mol. The van der Waals surface area contributed by atoms with Gasteiger partial charge in [0.05, 0.1) is 5.02 Å². The lowest BCUT2D eigenvalue weighted by atomic mass is 10.1. The van der Waals surface area contributed by atoms with E-state index in [9.17, 15) is 14.0 Å². The molecule has 0 unspecified atom stereocenters. The monoisotopic (exact) mass is 383 g/mol. The van der Waals surface area contributed by atoms with Crippen molar-refractivity contribution in [1.82, 2.24) is 4.98 Å². The van der Waals surface area contributed by atoms with Crippen LogP contribution in [0.15, 0.2) is 60.8 Å². The smallest absolute Gasteiger partial charge is 0.255 e. The molecule has 2 N–H and O–H groups in total. The Kier molecular flexibility index (Phi) is 5.47. The van der Waals surface area contributed by atoms with Crippen molar-refractivity contribution >= 4 is 40.5 Å². The molecule has 2 aromatic carbocycles. The van der Waals surface area contributed by atoms with E-state index in [2.05, 4.69) is 15.6 Å². The molecule has 0 aliphatic rings. The Morgan fingerprint density at radius 3 is 2.56 bits per heavy atom. The van der Waals surface area contributed by atoms with E-state index in [1.165, 1.54) is 31.3 Å². The fourth-order valence-electron chi connectivity index (χ4n) is 2.38. The van der Waals surface area contributed by atoms with Crippen LogP contribution >= 0.6 is 11.6 Å². The van der Waals surface area contributed by atoms with Crippen LogP contribution in [0, 0.1) is 5.82 Å². The van der Waals surface area contributed by atoms with Gasteiger partial charge in [-0.25, -0.2) is 9.37 Å². The molecule has 1 aromatic heterocycles. The minimum atomic E-state index is -0.518. The molecule has 0 saturated carbocycles. The first-order valence-corrected chi connectivity index (χ1v) is 8.40. The topological polar surface area (TPSA) is 71.1 Å². The second kappa shape index (κ2) is 7.97. The third-order valence-corrected chi connectivity index (χ3v) is 4.03. The first kappa shape index (κ1) is 18.5. The van der Waals surface area contributed by atoms with E-state index in [0.29, 0.717) is 28.3 Å². The number of hydrogen-bond acceptors (Lipinski definition) is 4. The SMILES string of the molecule is CC(=O)c1cccc(NC(=O)c2ccnc(Nc3ccc(F)c(Cl)c3)c2)c1. The van der Waals surface area contributed by atoms with Gasteiger partial charge >= 0.3 is 0 Å². The number of Topliss-reactive ketones (excluding diaryl/α,β-unsaturated/α-hetero) is 1. The normalized spacial score (nSPS) is 10.3. The summed E-state index contributed by atoms with van der Waals surface area (Å²) >= 11 is 5.76. The molecule has 1 amide bonds. The maximum absolute atomic E-state index is 13.2. The molecular formula is C20H15ClFN3O2. The van der Waals surface area contributed by atoms with Crippen molar-refractivity contribution in [2.75, 3.05) is 10.6 Å². The van der Waals surface area contributed by atoms with E-state index in [-0.39, 0.29) is 16.7 Å². The number of rotatable bonds is 5. The summed E-state index contributed by atoms with van der Waals surface area (Å²) in [4.78, 5) is 28.1. The van der Waals surface area contributed by atoms with Crippen LogP contribution in [0.5, 0.6) is 0 Å². The summed E-state index contributed by atoms with van der Waals surface area (Å²) in [7, 11) is 0. The summed E-state index contributed by atoms with van der Waals surface area (Å²) in [5.41, 5.74) is 1.94. The highest BCUT2D eigenvalue weighted by Gasteiger charge is 2.09. The quantitative estimate of drug-likeness (QED) is 0.603. The van der Waals surface area contributed by atoms with Gasteiger partial charge in [-0.05, 0) is 49.4 Å². The van der Waals surface area contributed by atoms with Gasteiger partial charge in [0.1, 0.15) is 11.6 Å². The van der Waals surface area contributed by atoms with Crippen molar-refractivity contribution < 1.29 is 14.0 Å². The van der Waals surface area contributed by atoms with Crippen LogP contribution < -0.4 is 10.6 Å². The van der Waals surface area contributed by atoms with Crippen LogP contribution in [-0.2, 0) is 0 Å². The van der Waals surface area contributed by atoms with Gasteiger partial charge < -0.3 is 10.6 Å². The Morgan fingerprint density at radius 1 is 1.00 bits per heavy atom. The Morgan fingerprint density at radius 2 is 1.81 bits per heavy atom. The fourth-order valence-corrected chi connectivity index (χ4v) is 2.56. The molecule has 136 valence electrons. The third kappa shape index (κ3) is 4.68. The van der Waals surface area contributed by atoms with E-state index < -0.39 is 5.82 Å². The van der Waals surface area contributed by atoms with Crippen LogP contribution in [0.3, 0.4) is 0 Å². The number of carbonyl (C=O) groups excluding carboxylic acids is 2. The zero-order valence-electron chi connectivity index (χ0n) is 14.3. The molecule has 27 heavy (non-hydrogen) atoms. The predicted molar refractivity (Wildman–Crippen MR) is 103 cm³/mol. The van der Waals surface area contributed by atoms with Gasteiger partial charge in [0.25, 0.3) is 5.91 Å². The second-order valence-electron chi connectivity index (χ2n) is 5.77. The highest BCUT2D eigenvalue weighted by molar-refractivity contribution is 6.31. The van der Waals surface area contributed by atoms with Crippen molar-refractivity contribution in [2.24, 2.45) is 0 Å². The first-order chi connectivity index (χ1) is 12.9. The van der Waals surface area contributed by atoms with Crippen molar-refractivity contribution in [3.05, 3.63) is 82.8 Å². The van der Waals surface area contributed by atoms with Crippen molar-refractivity contribution in [3.8, 4) is 0 Å². The average Bonchev–Trinajstić information content (AvgIpc) is 2.65. The predicted octanol–water partition coefficient (Wildman–Crippen LogP) is 5.07. The van der Waals surface area contributed by atoms with E-state index in [1.807, 2.05) is 0 Å². The number of aromatic nitrogens is 1. The lowest BCUT2D eigenvalue weighted by Gasteiger charge is -2.09. The molecule has 5 nitrogen and oxygen atoms in total. The molecule has 3 rings (SSSR count). The zero-order chi connectivity index (χ0) is 19.4. The van der Waals surface area contributed by atoms with Gasteiger partial charge in [-0.2, -0.15) is 0 Å². The molecule has 7 heteroatoms. The van der Waals surface area contributed by atoms with Crippen molar-refractivity contribution in [2.45, 2.75) is 6.92 Å². The number of carbonyl (C=O) groups is 2. The molecule has 0 aliphatic carbocycles. The number of ketones is 1. The highest BCUT2D eigenvalue weighted by atomic mass is 35.5. The Hall–Kier alpha value is -3.25. The van der Waals surface area contributed by atoms with Crippen LogP contribution in [0.4, 0.5) is 21.6 Å². The summed E-state index contributed by atoms with van der Waals surface area (Å²) in [6.45, 7) is 1.46. The minimum absolute atomic E-state index is 0.0146. The van der Waals surface area contributed by atoms with Crippen LogP contribution in [0.25, 0.3) is 0 Å². The number of halogens is 2. The van der Waals surface area contributed by atoms with Gasteiger partial charge in [0, 0.05) is 28.7 Å². The third-order valence-electron chi connectivity index (χ3n) is 3.74. The van der Waals surface area contributed by atoms with E-state index in [1.54, 1.807) is 36.4 Å². The molecule has 0 spiro atoms. The Labute approximate surface area is 160 Å². The number of nitrogens with one attached hydrogen (secondary N) is 2. The lowest BCUT2D eigenvalue weighted by Crippen LogP contribution is -2.12. The molecule has 0 bridgehead atoms. The molecule has 0 radical (unpaired) electrons. The van der Waals surface area contributed by atoms with Gasteiger partial charge in [0.15, 0.2) is 5.78 Å². The van der Waals surface area contributed by atoms with Crippen LogP contribution in [-0.4, -0.2) is 16.7 Å². The molecule has 0 atom stereocenters. The number of anilines is 3. The van der Waals surface area contributed by atoms with Crippen LogP contribution in [0.2, 0.25) is 5.02 Å². The number of hydrogen-bond donors (Lipinski definition) is 2. The van der Waals surface area contributed by atoms with Gasteiger partial charge in [0.2, 0.25) is 0 Å². The Balaban J connectivity index is 1.76. The number of nitrogens with zero attached hydrogens (tertiary/aromatic N) is 1. The highest BCUT2D eigenvalue weighted by Crippen LogP contribution is 2.22. The minimum Gasteiger partial charge on any atom is -0.340 e. The van der Waals surface area contributed by atoms with E-state index in [4.69, 9.17) is 11.6 Å². The summed E-state index contributed by atoms with van der Waals surface area (Å²) in [6, 6.07) is 14.0. The summed E-state index contributed by atoms with van der Waals surface area (Å²) in [5.74, 6) is -0.545. The molecule has 1 heterocycles. The molecule has 0 aliphatic heterocycles. The van der Waals surface area contributed by atoms with Crippen LogP contribution in [0.1, 0.15) is 27.6 Å². The maximum Gasteiger partial charge on any atom is 0.255 e. The summed E-state index contributed by atoms with van der Waals surface area (Å²) in [5, 5.41) is 5.70. The molecule has 0 fully saturated rings. The number of amides is 1. The lowest BCUT2D eigenvalue weighted by molar-refractivity contribution is 0.101. The molecule has 3 aromatic rings. The standard InChI is InChI=1S/C20H15ClFN3O2/c1-12(26)13-3-2-4-15(9-13)25-20(27)14-7-8-23-19(10-14)24-16-5-6-18(22)17(21)11-16/h2-11H,1H3,(H,23,24)(H,25,27). The van der Waals surface area contributed by atoms with Gasteiger partial charge in [-0.1, -0.05) is 23.7 Å². The van der Waals surface area contributed by atoms with E-state index >= 15 is 0 Å². The summed E-state index contributed by atoms with van der Waals surface area (Å²) < 4.78 is 13.2. The molecular weight excluding hydrogens is 369 g/mol. The Bertz CT molecular complexity index is 1020. The van der Waals surface area contributed by atoms with Gasteiger partial charge in [-0.3, -0.25) is 9.59 Å². The van der Waals surface area contributed by atoms with Gasteiger partial charge in [-0.15, -0.1) is 0 Å². The van der Waals surface area contributed by atoms with Crippen molar-refractivity contribution in [3.63, 3.8) is 0 Å². The largest absolute Gasteiger partial charge is 0.340 e. The second-order valence-corrected chi connectivity index (χ2v) is 6.18. The van der Waals surface area contributed by atoms with Crippen molar-refractivity contribution in [1.29, 1.82) is 0 Å². The number of benzene rings is 2. The maximum atomic E-state index is 13.2. The van der Waals surface area contributed by atoms with E-state index in [0.717, 1.165) is 0 Å². The summed E-state index contributed by atoms with van der Waals surface area (Å²) in [6.07, 6.45) is 1.48. The number of pyridine rings is 1. The zero-order valence-corrected chi connectivity index (χ0v) is 15.0. The molecule has 0 saturated heterocycles. The fraction of sp³-hybridized carbons (Fsp3) is 0.0500.